The first kappa shape index (κ1) is 22.7. The first-order valence-corrected chi connectivity index (χ1v) is 11.4. The predicted octanol–water partition coefficient (Wildman–Crippen LogP) is 4.51. The number of aryl methyl sites for hydroxylation is 1. The molecule has 4 aromatic rings. The summed E-state index contributed by atoms with van der Waals surface area (Å²) in [6.45, 7) is 1.83. The molecule has 0 unspecified atom stereocenters. The molecule has 0 saturated heterocycles. The maximum absolute atomic E-state index is 12.7. The number of halogens is 1. The second-order valence-electron chi connectivity index (χ2n) is 7.11. The van der Waals surface area contributed by atoms with E-state index in [2.05, 4.69) is 20.6 Å². The number of thioether (sulfide) groups is 1. The molecule has 170 valence electrons. The van der Waals surface area contributed by atoms with Gasteiger partial charge >= 0.3 is 0 Å². The number of rotatable bonds is 7. The second kappa shape index (κ2) is 9.55. The second-order valence-corrected chi connectivity index (χ2v) is 8.34. The number of nitrogens with two attached hydrogens (primary N) is 1. The Morgan fingerprint density at radius 3 is 2.73 bits per heavy atom. The highest BCUT2D eigenvalue weighted by Crippen LogP contribution is 2.35. The molecule has 2 aromatic heterocycles. The van der Waals surface area contributed by atoms with Gasteiger partial charge in [-0.1, -0.05) is 22.8 Å². The monoisotopic (exact) mass is 484 g/mol. The number of amides is 1. The summed E-state index contributed by atoms with van der Waals surface area (Å²) in [7, 11) is 1.55. The standard InChI is InChI=1S/C22H21ClN6O3S/c1-12-4-9-16(31-2)15(10-12)25-17(30)11-29-19(24)18(22(27-29)33-3)21-26-20(28-32-21)13-5-7-14(23)8-6-13/h4-10H,11,24H2,1-3H3,(H,25,30). The van der Waals surface area contributed by atoms with E-state index in [9.17, 15) is 4.79 Å². The predicted molar refractivity (Wildman–Crippen MR) is 129 cm³/mol. The van der Waals surface area contributed by atoms with Gasteiger partial charge < -0.3 is 20.3 Å². The van der Waals surface area contributed by atoms with Gasteiger partial charge in [-0.05, 0) is 55.1 Å². The lowest BCUT2D eigenvalue weighted by atomic mass is 10.2. The van der Waals surface area contributed by atoms with Crippen molar-refractivity contribution in [3.63, 3.8) is 0 Å². The van der Waals surface area contributed by atoms with E-state index in [0.29, 0.717) is 32.9 Å². The number of nitrogens with zero attached hydrogens (tertiary/aromatic N) is 4. The molecule has 2 aromatic carbocycles. The van der Waals surface area contributed by atoms with Crippen LogP contribution >= 0.6 is 23.4 Å². The highest BCUT2D eigenvalue weighted by molar-refractivity contribution is 7.98. The molecule has 0 aliphatic heterocycles. The zero-order valence-electron chi connectivity index (χ0n) is 18.1. The minimum absolute atomic E-state index is 0.103. The third-order valence-electron chi connectivity index (χ3n) is 4.82. The van der Waals surface area contributed by atoms with Crippen molar-refractivity contribution in [1.29, 1.82) is 0 Å². The molecule has 2 heterocycles. The van der Waals surface area contributed by atoms with Crippen LogP contribution in [0.2, 0.25) is 5.02 Å². The molecule has 0 aliphatic rings. The van der Waals surface area contributed by atoms with Gasteiger partial charge in [0, 0.05) is 10.6 Å². The summed E-state index contributed by atoms with van der Waals surface area (Å²) >= 11 is 7.31. The molecule has 33 heavy (non-hydrogen) atoms. The van der Waals surface area contributed by atoms with Crippen LogP contribution in [-0.4, -0.2) is 39.2 Å². The summed E-state index contributed by atoms with van der Waals surface area (Å²) in [5.74, 6) is 1.11. The topological polar surface area (TPSA) is 121 Å². The summed E-state index contributed by atoms with van der Waals surface area (Å²) in [6, 6.07) is 12.6. The van der Waals surface area contributed by atoms with E-state index in [4.69, 9.17) is 26.6 Å². The molecule has 1 amide bonds. The molecule has 0 spiro atoms. The lowest BCUT2D eigenvalue weighted by Gasteiger charge is -2.11. The molecule has 0 atom stereocenters. The lowest BCUT2D eigenvalue weighted by molar-refractivity contribution is -0.116. The number of nitrogen functional groups attached to an aromatic ring is 1. The Bertz CT molecular complexity index is 1300. The Labute approximate surface area is 199 Å². The van der Waals surface area contributed by atoms with Crippen LogP contribution in [0.4, 0.5) is 11.5 Å². The molecule has 4 rings (SSSR count). The van der Waals surface area contributed by atoms with E-state index in [1.165, 1.54) is 16.4 Å². The normalized spacial score (nSPS) is 10.9. The minimum atomic E-state index is -0.306. The molecule has 0 radical (unpaired) electrons. The number of hydrogen-bond acceptors (Lipinski definition) is 8. The highest BCUT2D eigenvalue weighted by Gasteiger charge is 2.24. The molecule has 0 aliphatic carbocycles. The van der Waals surface area contributed by atoms with Crippen molar-refractivity contribution in [2.45, 2.75) is 18.5 Å². The van der Waals surface area contributed by atoms with Crippen molar-refractivity contribution < 1.29 is 14.1 Å². The number of ether oxygens (including phenoxy) is 1. The fourth-order valence-electron chi connectivity index (χ4n) is 3.20. The van der Waals surface area contributed by atoms with Crippen molar-refractivity contribution in [2.24, 2.45) is 0 Å². The number of benzene rings is 2. The van der Waals surface area contributed by atoms with Gasteiger partial charge in [0.1, 0.15) is 28.7 Å². The molecule has 0 fully saturated rings. The Balaban J connectivity index is 1.59. The van der Waals surface area contributed by atoms with E-state index < -0.39 is 0 Å². The van der Waals surface area contributed by atoms with E-state index in [-0.39, 0.29) is 24.2 Å². The fourth-order valence-corrected chi connectivity index (χ4v) is 3.91. The summed E-state index contributed by atoms with van der Waals surface area (Å²) in [6.07, 6.45) is 1.85. The number of carbonyl (C=O) groups excluding carboxylic acids is 1. The van der Waals surface area contributed by atoms with Gasteiger partial charge in [0.2, 0.25) is 11.7 Å². The van der Waals surface area contributed by atoms with Crippen LogP contribution in [0.1, 0.15) is 5.56 Å². The summed E-state index contributed by atoms with van der Waals surface area (Å²) in [5, 5.41) is 12.5. The minimum Gasteiger partial charge on any atom is -0.495 e. The van der Waals surface area contributed by atoms with Crippen LogP contribution in [0.5, 0.6) is 5.75 Å². The van der Waals surface area contributed by atoms with Gasteiger partial charge in [-0.3, -0.25) is 4.79 Å². The van der Waals surface area contributed by atoms with Crippen molar-refractivity contribution >= 4 is 40.8 Å². The third-order valence-corrected chi connectivity index (χ3v) is 5.74. The van der Waals surface area contributed by atoms with Crippen molar-refractivity contribution in [3.8, 4) is 28.6 Å². The molecule has 0 bridgehead atoms. The number of methoxy groups -OCH3 is 1. The smallest absolute Gasteiger partial charge is 0.264 e. The average Bonchev–Trinajstić information content (AvgIpc) is 3.39. The van der Waals surface area contributed by atoms with Crippen molar-refractivity contribution in [3.05, 3.63) is 53.1 Å². The number of carbonyl (C=O) groups is 1. The van der Waals surface area contributed by atoms with Crippen LogP contribution in [0.15, 0.2) is 52.0 Å². The summed E-state index contributed by atoms with van der Waals surface area (Å²) < 4.78 is 12.2. The van der Waals surface area contributed by atoms with Crippen molar-refractivity contribution in [1.82, 2.24) is 19.9 Å². The van der Waals surface area contributed by atoms with Crippen LogP contribution in [0.3, 0.4) is 0 Å². The van der Waals surface area contributed by atoms with Gasteiger partial charge in [-0.25, -0.2) is 4.68 Å². The van der Waals surface area contributed by atoms with Gasteiger partial charge in [-0.15, -0.1) is 11.8 Å². The maximum Gasteiger partial charge on any atom is 0.264 e. The van der Waals surface area contributed by atoms with Gasteiger partial charge in [0.05, 0.1) is 12.8 Å². The van der Waals surface area contributed by atoms with Gasteiger partial charge in [0.25, 0.3) is 5.89 Å². The Hall–Kier alpha value is -3.50. The lowest BCUT2D eigenvalue weighted by Crippen LogP contribution is -2.21. The van der Waals surface area contributed by atoms with Gasteiger partial charge in [0.15, 0.2) is 0 Å². The van der Waals surface area contributed by atoms with Crippen LogP contribution in [0.25, 0.3) is 22.8 Å². The quantitative estimate of drug-likeness (QED) is 0.367. The molecule has 0 saturated carbocycles. The zero-order valence-corrected chi connectivity index (χ0v) is 19.7. The first-order chi connectivity index (χ1) is 15.9. The van der Waals surface area contributed by atoms with Crippen LogP contribution < -0.4 is 15.8 Å². The Morgan fingerprint density at radius 1 is 1.27 bits per heavy atom. The molecule has 3 N–H and O–H groups in total. The third kappa shape index (κ3) is 4.81. The van der Waals surface area contributed by atoms with Crippen molar-refractivity contribution in [2.75, 3.05) is 24.4 Å². The maximum atomic E-state index is 12.7. The van der Waals surface area contributed by atoms with Gasteiger partial charge in [-0.2, -0.15) is 10.1 Å². The average molecular weight is 485 g/mol. The van der Waals surface area contributed by atoms with E-state index >= 15 is 0 Å². The first-order valence-electron chi connectivity index (χ1n) is 9.84. The van der Waals surface area contributed by atoms with E-state index in [0.717, 1.165) is 11.1 Å². The van der Waals surface area contributed by atoms with Crippen LogP contribution in [0, 0.1) is 6.92 Å². The molecular formula is C22H21ClN6O3S. The summed E-state index contributed by atoms with van der Waals surface area (Å²) in [4.78, 5) is 17.2. The fraction of sp³-hybridized carbons (Fsp3) is 0.182. The number of anilines is 2. The molecular weight excluding hydrogens is 464 g/mol. The Kier molecular flexibility index (Phi) is 6.57. The zero-order chi connectivity index (χ0) is 23.5. The summed E-state index contributed by atoms with van der Waals surface area (Å²) in [5.41, 5.74) is 9.13. The number of hydrogen-bond donors (Lipinski definition) is 2. The van der Waals surface area contributed by atoms with Crippen LogP contribution in [-0.2, 0) is 11.3 Å². The largest absolute Gasteiger partial charge is 0.495 e. The SMILES string of the molecule is COc1ccc(C)cc1NC(=O)Cn1nc(SC)c(-c2nc(-c3ccc(Cl)cc3)no2)c1N. The highest BCUT2D eigenvalue weighted by atomic mass is 35.5. The number of nitrogens with one attached hydrogen (secondary N) is 1. The van der Waals surface area contributed by atoms with E-state index in [1.54, 1.807) is 37.4 Å². The molecule has 11 heteroatoms. The van der Waals surface area contributed by atoms with E-state index in [1.807, 2.05) is 25.3 Å². The number of aromatic nitrogens is 4. The molecule has 9 nitrogen and oxygen atoms in total. The Morgan fingerprint density at radius 2 is 2.03 bits per heavy atom.